The Morgan fingerprint density at radius 3 is 2.79 bits per heavy atom. The number of hydrogen-bond acceptors (Lipinski definition) is 6. The van der Waals surface area contributed by atoms with E-state index in [9.17, 15) is 4.39 Å². The minimum absolute atomic E-state index is 0.134. The Morgan fingerprint density at radius 1 is 1.15 bits per heavy atom. The van der Waals surface area contributed by atoms with Crippen LogP contribution in [0.5, 0.6) is 5.75 Å². The van der Waals surface area contributed by atoms with Crippen molar-refractivity contribution in [3.63, 3.8) is 0 Å². The van der Waals surface area contributed by atoms with Crippen LogP contribution in [0.2, 0.25) is 5.02 Å². The van der Waals surface area contributed by atoms with E-state index < -0.39 is 5.82 Å². The first-order valence-corrected chi connectivity index (χ1v) is 11.3. The van der Waals surface area contributed by atoms with Crippen molar-refractivity contribution in [2.45, 2.75) is 33.4 Å². The van der Waals surface area contributed by atoms with Gasteiger partial charge in [0.05, 0.1) is 24.7 Å². The molecule has 34 heavy (non-hydrogen) atoms. The molecule has 0 unspecified atom stereocenters. The van der Waals surface area contributed by atoms with Crippen molar-refractivity contribution in [3.8, 4) is 5.75 Å². The molecule has 174 valence electrons. The maximum Gasteiger partial charge on any atom is 0.186 e. The molecular weight excluding hydrogens is 457 g/mol. The summed E-state index contributed by atoms with van der Waals surface area (Å²) in [6.45, 7) is 4.88. The minimum atomic E-state index is -0.500. The number of benzene rings is 1. The van der Waals surface area contributed by atoms with Gasteiger partial charge in [-0.15, -0.1) is 0 Å². The topological polar surface area (TPSA) is 82.2 Å². The maximum absolute atomic E-state index is 14.7. The van der Waals surface area contributed by atoms with Gasteiger partial charge in [0.1, 0.15) is 17.8 Å². The fourth-order valence-electron chi connectivity index (χ4n) is 4.04. The van der Waals surface area contributed by atoms with Crippen molar-refractivity contribution in [1.29, 1.82) is 0 Å². The highest BCUT2D eigenvalue weighted by atomic mass is 35.5. The SMILES string of the molecule is CCc1nc2ccc(Cn3cc4c(NCc5c(Cl)ccc(OC)c5F)ncnc4n3)cn2c1C. The lowest BCUT2D eigenvalue weighted by atomic mass is 10.2. The van der Waals surface area contributed by atoms with Crippen LogP contribution in [0.1, 0.15) is 29.4 Å². The lowest BCUT2D eigenvalue weighted by Crippen LogP contribution is -2.06. The second-order valence-electron chi connectivity index (χ2n) is 7.94. The van der Waals surface area contributed by atoms with Crippen molar-refractivity contribution in [2.24, 2.45) is 0 Å². The van der Waals surface area contributed by atoms with Crippen LogP contribution in [0, 0.1) is 12.7 Å². The zero-order valence-corrected chi connectivity index (χ0v) is 19.8. The summed E-state index contributed by atoms with van der Waals surface area (Å²) in [6.07, 6.45) is 6.29. The summed E-state index contributed by atoms with van der Waals surface area (Å²) >= 11 is 6.21. The fraction of sp³-hybridized carbons (Fsp3) is 0.250. The normalized spacial score (nSPS) is 11.4. The number of aromatic nitrogens is 6. The number of pyridine rings is 1. The Kier molecular flexibility index (Phi) is 5.79. The van der Waals surface area contributed by atoms with Crippen molar-refractivity contribution in [2.75, 3.05) is 12.4 Å². The number of methoxy groups -OCH3 is 1. The number of fused-ring (bicyclic) bond motifs is 2. The molecule has 4 aromatic heterocycles. The van der Waals surface area contributed by atoms with Gasteiger partial charge in [0, 0.05) is 35.2 Å². The minimum Gasteiger partial charge on any atom is -0.494 e. The highest BCUT2D eigenvalue weighted by molar-refractivity contribution is 6.31. The number of anilines is 1. The van der Waals surface area contributed by atoms with Crippen LogP contribution in [-0.4, -0.2) is 36.2 Å². The molecule has 0 aliphatic heterocycles. The Bertz CT molecular complexity index is 1510. The number of nitrogens with zero attached hydrogens (tertiary/aromatic N) is 6. The van der Waals surface area contributed by atoms with Crippen molar-refractivity contribution in [1.82, 2.24) is 29.1 Å². The summed E-state index contributed by atoms with van der Waals surface area (Å²) in [7, 11) is 1.42. The standard InChI is InChI=1S/C24H23ClFN7O/c1-4-19-14(2)33-11-15(5-8-21(33)30-19)10-32-12-17-23(28-13-29-24(17)31-32)27-9-16-18(25)6-7-20(34-3)22(16)26/h5-8,11-13H,4,9-10H2,1-3H3,(H,27,28,29,31). The summed E-state index contributed by atoms with van der Waals surface area (Å²) in [6, 6.07) is 7.17. The van der Waals surface area contributed by atoms with Gasteiger partial charge in [-0.1, -0.05) is 24.6 Å². The van der Waals surface area contributed by atoms with E-state index in [1.807, 2.05) is 23.0 Å². The van der Waals surface area contributed by atoms with Gasteiger partial charge >= 0.3 is 0 Å². The number of aryl methyl sites for hydroxylation is 2. The molecule has 0 aliphatic carbocycles. The summed E-state index contributed by atoms with van der Waals surface area (Å²) in [4.78, 5) is 13.3. The highest BCUT2D eigenvalue weighted by Gasteiger charge is 2.15. The smallest absolute Gasteiger partial charge is 0.186 e. The molecule has 4 heterocycles. The Hall–Kier alpha value is -3.72. The molecule has 0 saturated carbocycles. The van der Waals surface area contributed by atoms with Crippen molar-refractivity contribution >= 4 is 34.1 Å². The van der Waals surface area contributed by atoms with Gasteiger partial charge in [-0.25, -0.2) is 19.3 Å². The van der Waals surface area contributed by atoms with E-state index in [1.54, 1.807) is 6.07 Å². The van der Waals surface area contributed by atoms with E-state index in [1.165, 1.54) is 19.5 Å². The van der Waals surface area contributed by atoms with Gasteiger partial charge in [-0.2, -0.15) is 5.10 Å². The number of ether oxygens (including phenoxy) is 1. The summed E-state index contributed by atoms with van der Waals surface area (Å²) in [5, 5.41) is 8.79. The fourth-order valence-corrected chi connectivity index (χ4v) is 4.26. The number of imidazole rings is 1. The van der Waals surface area contributed by atoms with E-state index in [0.29, 0.717) is 28.6 Å². The molecule has 0 bridgehead atoms. The molecule has 0 radical (unpaired) electrons. The first kappa shape index (κ1) is 22.1. The van der Waals surface area contributed by atoms with E-state index >= 15 is 0 Å². The third kappa shape index (κ3) is 3.92. The van der Waals surface area contributed by atoms with E-state index in [4.69, 9.17) is 16.3 Å². The molecule has 0 fully saturated rings. The van der Waals surface area contributed by atoms with Crippen LogP contribution in [0.4, 0.5) is 10.2 Å². The van der Waals surface area contributed by atoms with Crippen LogP contribution >= 0.6 is 11.6 Å². The van der Waals surface area contributed by atoms with Gasteiger partial charge in [0.15, 0.2) is 17.2 Å². The Labute approximate surface area is 200 Å². The zero-order chi connectivity index (χ0) is 23.8. The monoisotopic (exact) mass is 479 g/mol. The van der Waals surface area contributed by atoms with Gasteiger partial charge in [0.2, 0.25) is 0 Å². The molecule has 5 aromatic rings. The average Bonchev–Trinajstić information content (AvgIpc) is 3.39. The van der Waals surface area contributed by atoms with E-state index in [0.717, 1.165) is 34.4 Å². The van der Waals surface area contributed by atoms with Crippen LogP contribution in [0.3, 0.4) is 0 Å². The molecular formula is C24H23ClFN7O. The summed E-state index contributed by atoms with van der Waals surface area (Å²) < 4.78 is 23.6. The lowest BCUT2D eigenvalue weighted by Gasteiger charge is -2.11. The molecule has 0 atom stereocenters. The Balaban J connectivity index is 1.41. The Morgan fingerprint density at radius 2 is 2.00 bits per heavy atom. The van der Waals surface area contributed by atoms with Gasteiger partial charge in [-0.3, -0.25) is 4.68 Å². The summed E-state index contributed by atoms with van der Waals surface area (Å²) in [5.74, 6) is 0.181. The zero-order valence-electron chi connectivity index (χ0n) is 19.0. The maximum atomic E-state index is 14.7. The molecule has 0 saturated heterocycles. The van der Waals surface area contributed by atoms with Crippen LogP contribution < -0.4 is 10.1 Å². The molecule has 0 amide bonds. The van der Waals surface area contributed by atoms with E-state index in [2.05, 4.69) is 49.8 Å². The van der Waals surface area contributed by atoms with Crippen LogP contribution in [-0.2, 0) is 19.5 Å². The van der Waals surface area contributed by atoms with Crippen LogP contribution in [0.15, 0.2) is 43.0 Å². The molecule has 1 aromatic carbocycles. The van der Waals surface area contributed by atoms with E-state index in [-0.39, 0.29) is 12.3 Å². The predicted molar refractivity (Wildman–Crippen MR) is 129 cm³/mol. The molecule has 8 nitrogen and oxygen atoms in total. The van der Waals surface area contributed by atoms with Gasteiger partial charge in [-0.05, 0) is 37.1 Å². The molecule has 0 spiro atoms. The highest BCUT2D eigenvalue weighted by Crippen LogP contribution is 2.28. The second-order valence-corrected chi connectivity index (χ2v) is 8.35. The lowest BCUT2D eigenvalue weighted by molar-refractivity contribution is 0.384. The average molecular weight is 480 g/mol. The first-order chi connectivity index (χ1) is 16.5. The summed E-state index contributed by atoms with van der Waals surface area (Å²) in [5.41, 5.74) is 5.10. The van der Waals surface area contributed by atoms with Gasteiger partial charge in [0.25, 0.3) is 0 Å². The van der Waals surface area contributed by atoms with Crippen molar-refractivity contribution in [3.05, 3.63) is 76.3 Å². The first-order valence-electron chi connectivity index (χ1n) is 10.9. The van der Waals surface area contributed by atoms with Crippen molar-refractivity contribution < 1.29 is 9.13 Å². The number of nitrogens with one attached hydrogen (secondary N) is 1. The molecule has 10 heteroatoms. The molecule has 0 aliphatic rings. The predicted octanol–water partition coefficient (Wildman–Crippen LogP) is 4.81. The number of halogens is 2. The van der Waals surface area contributed by atoms with Gasteiger partial charge < -0.3 is 14.5 Å². The largest absolute Gasteiger partial charge is 0.494 e. The third-order valence-electron chi connectivity index (χ3n) is 5.86. The van der Waals surface area contributed by atoms with Crippen LogP contribution in [0.25, 0.3) is 16.7 Å². The number of rotatable bonds is 7. The molecule has 5 rings (SSSR count). The second kappa shape index (κ2) is 8.90. The third-order valence-corrected chi connectivity index (χ3v) is 6.22. The number of hydrogen-bond donors (Lipinski definition) is 1. The quantitative estimate of drug-likeness (QED) is 0.361. The molecule has 1 N–H and O–H groups in total.